The number of hydrogen-bond acceptors (Lipinski definition) is 5. The molecule has 0 bridgehead atoms. The first kappa shape index (κ1) is 18.4. The number of rotatable bonds is 3. The minimum atomic E-state index is -0.202. The van der Waals surface area contributed by atoms with E-state index in [1.165, 1.54) is 0 Å². The maximum Gasteiger partial charge on any atom is 0.290 e. The number of hydrogen-bond donors (Lipinski definition) is 0. The van der Waals surface area contributed by atoms with Crippen LogP contribution in [0.15, 0.2) is 24.4 Å². The maximum atomic E-state index is 13.1. The van der Waals surface area contributed by atoms with Crippen LogP contribution in [0.25, 0.3) is 5.52 Å². The number of piperazine rings is 2. The van der Waals surface area contributed by atoms with Crippen molar-refractivity contribution in [2.75, 3.05) is 59.4 Å². The Kier molecular flexibility index (Phi) is 4.99. The van der Waals surface area contributed by atoms with Crippen molar-refractivity contribution in [3.63, 3.8) is 0 Å². The predicted octanol–water partition coefficient (Wildman–Crippen LogP) is -0.364. The van der Waals surface area contributed by atoms with Crippen LogP contribution >= 0.6 is 0 Å². The molecule has 0 radical (unpaired) electrons. The van der Waals surface area contributed by atoms with Crippen LogP contribution in [0.2, 0.25) is 0 Å². The second-order valence-corrected chi connectivity index (χ2v) is 7.27. The number of amides is 3. The minimum Gasteiger partial charge on any atom is -0.342 e. The molecule has 2 saturated heterocycles. The van der Waals surface area contributed by atoms with Gasteiger partial charge in [0.15, 0.2) is 5.69 Å². The molecule has 3 amide bonds. The average Bonchev–Trinajstić information content (AvgIpc) is 3.13. The van der Waals surface area contributed by atoms with E-state index < -0.39 is 0 Å². The van der Waals surface area contributed by atoms with Crippen LogP contribution in [0, 0.1) is 0 Å². The lowest BCUT2D eigenvalue weighted by Crippen LogP contribution is -2.48. The molecule has 148 valence electrons. The molecule has 2 aliphatic rings. The molecule has 9 heteroatoms. The molecule has 4 heterocycles. The van der Waals surface area contributed by atoms with E-state index in [4.69, 9.17) is 0 Å². The highest BCUT2D eigenvalue weighted by atomic mass is 16.2. The third kappa shape index (κ3) is 3.33. The van der Waals surface area contributed by atoms with Gasteiger partial charge in [-0.15, -0.1) is 0 Å². The van der Waals surface area contributed by atoms with Crippen molar-refractivity contribution in [3.05, 3.63) is 35.9 Å². The fraction of sp³-hybridized carbons (Fsp3) is 0.474. The third-order valence-corrected chi connectivity index (χ3v) is 5.48. The molecule has 0 spiro atoms. The summed E-state index contributed by atoms with van der Waals surface area (Å²) in [6.07, 6.45) is 2.58. The van der Waals surface area contributed by atoms with E-state index in [0.29, 0.717) is 44.8 Å². The van der Waals surface area contributed by atoms with Crippen molar-refractivity contribution >= 4 is 23.7 Å². The van der Waals surface area contributed by atoms with Crippen molar-refractivity contribution in [1.29, 1.82) is 0 Å². The van der Waals surface area contributed by atoms with Crippen molar-refractivity contribution in [3.8, 4) is 0 Å². The summed E-state index contributed by atoms with van der Waals surface area (Å²) in [5, 5.41) is 0. The SMILES string of the molecule is CN1CCN(C(=O)c2nc(C(=O)N3CCN(C=O)CC3)c3ccccn23)CC1. The summed E-state index contributed by atoms with van der Waals surface area (Å²) in [6.45, 7) is 4.88. The summed E-state index contributed by atoms with van der Waals surface area (Å²) in [5.74, 6) is -0.0826. The predicted molar refractivity (Wildman–Crippen MR) is 102 cm³/mol. The Hall–Kier alpha value is -2.94. The molecule has 2 aromatic heterocycles. The highest BCUT2D eigenvalue weighted by Crippen LogP contribution is 2.18. The normalized spacial score (nSPS) is 18.5. The molecule has 0 aromatic carbocycles. The topological polar surface area (TPSA) is 81.5 Å². The quantitative estimate of drug-likeness (QED) is 0.675. The lowest BCUT2D eigenvalue weighted by molar-refractivity contribution is -0.119. The summed E-state index contributed by atoms with van der Waals surface area (Å²) in [5.41, 5.74) is 0.917. The summed E-state index contributed by atoms with van der Waals surface area (Å²) in [6, 6.07) is 5.47. The second-order valence-electron chi connectivity index (χ2n) is 7.27. The zero-order chi connectivity index (χ0) is 19.7. The van der Waals surface area contributed by atoms with Gasteiger partial charge in [0.2, 0.25) is 12.2 Å². The molecular weight excluding hydrogens is 360 g/mol. The minimum absolute atomic E-state index is 0.154. The van der Waals surface area contributed by atoms with Gasteiger partial charge < -0.3 is 19.6 Å². The molecule has 0 aliphatic carbocycles. The Balaban J connectivity index is 1.62. The van der Waals surface area contributed by atoms with Crippen LogP contribution in [0.5, 0.6) is 0 Å². The summed E-state index contributed by atoms with van der Waals surface area (Å²) >= 11 is 0. The lowest BCUT2D eigenvalue weighted by atomic mass is 10.2. The van der Waals surface area contributed by atoms with Crippen LogP contribution < -0.4 is 0 Å². The van der Waals surface area contributed by atoms with E-state index in [0.717, 1.165) is 19.5 Å². The van der Waals surface area contributed by atoms with Gasteiger partial charge in [0.1, 0.15) is 0 Å². The maximum absolute atomic E-state index is 13.1. The summed E-state index contributed by atoms with van der Waals surface area (Å²) in [4.78, 5) is 48.8. The van der Waals surface area contributed by atoms with Crippen molar-refractivity contribution in [1.82, 2.24) is 29.0 Å². The van der Waals surface area contributed by atoms with E-state index in [9.17, 15) is 14.4 Å². The van der Waals surface area contributed by atoms with Crippen LogP contribution in [0.1, 0.15) is 21.1 Å². The largest absolute Gasteiger partial charge is 0.342 e. The Morgan fingerprint density at radius 1 is 0.929 bits per heavy atom. The number of carbonyl (C=O) groups excluding carboxylic acids is 3. The fourth-order valence-electron chi connectivity index (χ4n) is 3.68. The number of imidazole rings is 1. The molecule has 28 heavy (non-hydrogen) atoms. The third-order valence-electron chi connectivity index (χ3n) is 5.48. The molecule has 2 fully saturated rings. The smallest absolute Gasteiger partial charge is 0.290 e. The Morgan fingerprint density at radius 3 is 2.25 bits per heavy atom. The molecule has 4 rings (SSSR count). The summed E-state index contributed by atoms with van der Waals surface area (Å²) in [7, 11) is 2.04. The first-order chi connectivity index (χ1) is 13.6. The second kappa shape index (κ2) is 7.59. The highest BCUT2D eigenvalue weighted by Gasteiger charge is 2.29. The van der Waals surface area contributed by atoms with Gasteiger partial charge in [-0.3, -0.25) is 18.8 Å². The average molecular weight is 384 g/mol. The fourth-order valence-corrected chi connectivity index (χ4v) is 3.68. The molecule has 0 atom stereocenters. The van der Waals surface area contributed by atoms with E-state index in [1.807, 2.05) is 25.2 Å². The van der Waals surface area contributed by atoms with Crippen LogP contribution in [0.4, 0.5) is 0 Å². The number of pyridine rings is 1. The van der Waals surface area contributed by atoms with E-state index in [1.54, 1.807) is 25.3 Å². The number of aromatic nitrogens is 2. The first-order valence-electron chi connectivity index (χ1n) is 9.52. The van der Waals surface area contributed by atoms with E-state index in [-0.39, 0.29) is 23.3 Å². The van der Waals surface area contributed by atoms with Crippen LogP contribution in [-0.4, -0.2) is 107 Å². The highest BCUT2D eigenvalue weighted by molar-refractivity contribution is 6.02. The van der Waals surface area contributed by atoms with E-state index in [2.05, 4.69) is 9.88 Å². The Bertz CT molecular complexity index is 894. The van der Waals surface area contributed by atoms with Gasteiger partial charge in [-0.05, 0) is 19.2 Å². The van der Waals surface area contributed by atoms with Gasteiger partial charge in [0, 0.05) is 58.6 Å². The van der Waals surface area contributed by atoms with Gasteiger partial charge in [0.05, 0.1) is 5.52 Å². The van der Waals surface area contributed by atoms with Gasteiger partial charge in [-0.25, -0.2) is 4.98 Å². The summed E-state index contributed by atoms with van der Waals surface area (Å²) < 4.78 is 1.70. The van der Waals surface area contributed by atoms with E-state index >= 15 is 0 Å². The zero-order valence-corrected chi connectivity index (χ0v) is 16.0. The van der Waals surface area contributed by atoms with Crippen LogP contribution in [0.3, 0.4) is 0 Å². The monoisotopic (exact) mass is 384 g/mol. The lowest BCUT2D eigenvalue weighted by Gasteiger charge is -2.32. The van der Waals surface area contributed by atoms with Crippen molar-refractivity contribution in [2.45, 2.75) is 0 Å². The zero-order valence-electron chi connectivity index (χ0n) is 16.0. The van der Waals surface area contributed by atoms with Gasteiger partial charge in [-0.2, -0.15) is 0 Å². The Morgan fingerprint density at radius 2 is 1.57 bits per heavy atom. The van der Waals surface area contributed by atoms with Gasteiger partial charge >= 0.3 is 0 Å². The molecule has 0 unspecified atom stereocenters. The molecule has 9 nitrogen and oxygen atoms in total. The van der Waals surface area contributed by atoms with Gasteiger partial charge in [-0.1, -0.05) is 6.07 Å². The van der Waals surface area contributed by atoms with Crippen molar-refractivity contribution < 1.29 is 14.4 Å². The Labute approximate surface area is 163 Å². The molecule has 2 aromatic rings. The van der Waals surface area contributed by atoms with Crippen LogP contribution in [-0.2, 0) is 4.79 Å². The molecule has 0 saturated carbocycles. The van der Waals surface area contributed by atoms with Crippen molar-refractivity contribution in [2.24, 2.45) is 0 Å². The number of nitrogens with zero attached hydrogens (tertiary/aromatic N) is 6. The van der Waals surface area contributed by atoms with Gasteiger partial charge in [0.25, 0.3) is 11.8 Å². The standard InChI is InChI=1S/C19H24N6O3/c1-21-6-10-24(11-7-21)19(28)17-20-16(15-4-2-3-5-25(15)17)18(27)23-12-8-22(14-26)9-13-23/h2-5,14H,6-13H2,1H3. The number of fused-ring (bicyclic) bond motifs is 1. The molecular formula is C19H24N6O3. The molecule has 0 N–H and O–H groups in total. The number of carbonyl (C=O) groups is 3. The molecule has 2 aliphatic heterocycles. The number of likely N-dealkylation sites (N-methyl/N-ethyl adjacent to an activating group) is 1. The first-order valence-corrected chi connectivity index (χ1v) is 9.52.